The van der Waals surface area contributed by atoms with Crippen molar-refractivity contribution in [2.75, 3.05) is 19.8 Å². The first kappa shape index (κ1) is 19.7. The third-order valence-corrected chi connectivity index (χ3v) is 5.32. The normalized spacial score (nSPS) is 16.2. The Morgan fingerprint density at radius 1 is 1.24 bits per heavy atom. The predicted octanol–water partition coefficient (Wildman–Crippen LogP) is 3.61. The largest absolute Gasteiger partial charge is 0.490 e. The van der Waals surface area contributed by atoms with Crippen LogP contribution in [0.2, 0.25) is 5.02 Å². The number of hydrogen-bond donors (Lipinski definition) is 1. The van der Waals surface area contributed by atoms with E-state index in [1.807, 2.05) is 48.5 Å². The Bertz CT molecular complexity index is 982. The molecular formula is C22H24ClN3O3. The topological polar surface area (TPSA) is 65.4 Å². The van der Waals surface area contributed by atoms with E-state index in [4.69, 9.17) is 26.1 Å². The van der Waals surface area contributed by atoms with Crippen molar-refractivity contribution in [1.82, 2.24) is 14.9 Å². The molecule has 0 saturated carbocycles. The number of para-hydroxylation sites is 3. The quantitative estimate of drug-likeness (QED) is 0.612. The van der Waals surface area contributed by atoms with E-state index in [1.54, 1.807) is 0 Å². The lowest BCUT2D eigenvalue weighted by Crippen LogP contribution is -2.35. The van der Waals surface area contributed by atoms with E-state index >= 15 is 0 Å². The number of nitrogens with one attached hydrogen (secondary N) is 1. The molecule has 0 spiro atoms. The zero-order chi connectivity index (χ0) is 20.1. The molecule has 1 saturated heterocycles. The summed E-state index contributed by atoms with van der Waals surface area (Å²) in [4.78, 5) is 16.9. The van der Waals surface area contributed by atoms with Crippen molar-refractivity contribution in [3.05, 3.63) is 59.4 Å². The lowest BCUT2D eigenvalue weighted by atomic mass is 10.2. The smallest absolute Gasteiger partial charge is 0.249 e. The number of rotatable bonds is 8. The van der Waals surface area contributed by atoms with Gasteiger partial charge in [-0.15, -0.1) is 0 Å². The van der Waals surface area contributed by atoms with Crippen LogP contribution in [0.3, 0.4) is 0 Å². The molecule has 1 aliphatic rings. The van der Waals surface area contributed by atoms with Crippen LogP contribution in [0.15, 0.2) is 48.5 Å². The first-order valence-electron chi connectivity index (χ1n) is 9.93. The highest BCUT2D eigenvalue weighted by Crippen LogP contribution is 2.23. The van der Waals surface area contributed by atoms with Crippen molar-refractivity contribution in [2.24, 2.45) is 0 Å². The van der Waals surface area contributed by atoms with E-state index < -0.39 is 0 Å². The number of fused-ring (bicyclic) bond motifs is 1. The summed E-state index contributed by atoms with van der Waals surface area (Å²) < 4.78 is 13.4. The van der Waals surface area contributed by atoms with Crippen LogP contribution in [0, 0.1) is 0 Å². The molecule has 7 heteroatoms. The third-order valence-electron chi connectivity index (χ3n) is 5.01. The molecule has 0 aliphatic carbocycles. The number of benzene rings is 2. The number of carbonyl (C=O) groups is 1. The summed E-state index contributed by atoms with van der Waals surface area (Å²) in [5, 5.41) is 3.57. The minimum absolute atomic E-state index is 0.0350. The highest BCUT2D eigenvalue weighted by atomic mass is 35.5. The molecule has 1 unspecified atom stereocenters. The molecule has 1 amide bonds. The first-order valence-corrected chi connectivity index (χ1v) is 10.3. The molecule has 1 N–H and O–H groups in total. The summed E-state index contributed by atoms with van der Waals surface area (Å²) in [6.07, 6.45) is 2.07. The maximum absolute atomic E-state index is 12.2. The highest BCUT2D eigenvalue weighted by molar-refractivity contribution is 6.32. The van der Waals surface area contributed by atoms with Gasteiger partial charge >= 0.3 is 0 Å². The predicted molar refractivity (Wildman–Crippen MR) is 112 cm³/mol. The number of ether oxygens (including phenoxy) is 2. The fourth-order valence-electron chi connectivity index (χ4n) is 3.57. The molecule has 2 aromatic carbocycles. The summed E-state index contributed by atoms with van der Waals surface area (Å²) in [5.41, 5.74) is 1.99. The second-order valence-corrected chi connectivity index (χ2v) is 7.40. The zero-order valence-corrected chi connectivity index (χ0v) is 16.9. The molecule has 1 aromatic heterocycles. The van der Waals surface area contributed by atoms with Crippen molar-refractivity contribution < 1.29 is 14.3 Å². The minimum atomic E-state index is -0.308. The number of aromatic nitrogens is 2. The van der Waals surface area contributed by atoms with Gasteiger partial charge in [0.2, 0.25) is 5.91 Å². The van der Waals surface area contributed by atoms with Gasteiger partial charge in [0.25, 0.3) is 0 Å². The van der Waals surface area contributed by atoms with Crippen molar-refractivity contribution in [2.45, 2.75) is 31.9 Å². The zero-order valence-electron chi connectivity index (χ0n) is 16.1. The molecule has 2 heterocycles. The van der Waals surface area contributed by atoms with Crippen LogP contribution in [0.25, 0.3) is 11.0 Å². The van der Waals surface area contributed by atoms with E-state index in [9.17, 15) is 4.79 Å². The van der Waals surface area contributed by atoms with Gasteiger partial charge in [-0.1, -0.05) is 35.9 Å². The molecule has 4 rings (SSSR count). The number of nitrogens with zero attached hydrogens (tertiary/aromatic N) is 2. The summed E-state index contributed by atoms with van der Waals surface area (Å²) >= 11 is 6.17. The fraction of sp³-hybridized carbons (Fsp3) is 0.364. The Hall–Kier alpha value is -2.57. The standard InChI is InChI=1S/C22H24ClN3O3/c23-16-6-1-4-9-19(16)29-15-13-26-18-8-3-2-7-17(18)25-21(26)11-12-24-22(27)20-10-5-14-28-20/h1-4,6-9,20H,5,10-15H2,(H,24,27). The van der Waals surface area contributed by atoms with Gasteiger partial charge < -0.3 is 19.4 Å². The Labute approximate surface area is 174 Å². The molecule has 6 nitrogen and oxygen atoms in total. The maximum atomic E-state index is 12.2. The molecule has 152 valence electrons. The second kappa shape index (κ2) is 9.29. The summed E-state index contributed by atoms with van der Waals surface area (Å²) in [6.45, 7) is 2.30. The summed E-state index contributed by atoms with van der Waals surface area (Å²) in [7, 11) is 0. The molecular weight excluding hydrogens is 390 g/mol. The fourth-order valence-corrected chi connectivity index (χ4v) is 3.76. The number of amides is 1. The molecule has 0 radical (unpaired) electrons. The van der Waals surface area contributed by atoms with Gasteiger partial charge in [0, 0.05) is 19.6 Å². The van der Waals surface area contributed by atoms with E-state index in [0.717, 1.165) is 29.7 Å². The van der Waals surface area contributed by atoms with Crippen LogP contribution in [-0.2, 0) is 22.5 Å². The van der Waals surface area contributed by atoms with Crippen LogP contribution < -0.4 is 10.1 Å². The van der Waals surface area contributed by atoms with Gasteiger partial charge in [-0.3, -0.25) is 4.79 Å². The lowest BCUT2D eigenvalue weighted by Gasteiger charge is -2.13. The van der Waals surface area contributed by atoms with Crippen molar-refractivity contribution >= 4 is 28.5 Å². The van der Waals surface area contributed by atoms with Crippen LogP contribution >= 0.6 is 11.6 Å². The van der Waals surface area contributed by atoms with E-state index in [1.165, 1.54) is 0 Å². The van der Waals surface area contributed by atoms with Gasteiger partial charge in [-0.2, -0.15) is 0 Å². The van der Waals surface area contributed by atoms with Crippen molar-refractivity contribution in [1.29, 1.82) is 0 Å². The monoisotopic (exact) mass is 413 g/mol. The van der Waals surface area contributed by atoms with Crippen LogP contribution in [-0.4, -0.2) is 41.3 Å². The maximum Gasteiger partial charge on any atom is 0.249 e. The third kappa shape index (κ3) is 4.71. The lowest BCUT2D eigenvalue weighted by molar-refractivity contribution is -0.130. The van der Waals surface area contributed by atoms with E-state index in [2.05, 4.69) is 9.88 Å². The van der Waals surface area contributed by atoms with Gasteiger partial charge in [0.15, 0.2) is 0 Å². The molecule has 29 heavy (non-hydrogen) atoms. The molecule has 0 bridgehead atoms. The molecule has 1 aliphatic heterocycles. The second-order valence-electron chi connectivity index (χ2n) is 6.99. The van der Waals surface area contributed by atoms with Crippen molar-refractivity contribution in [3.8, 4) is 5.75 Å². The Balaban J connectivity index is 1.41. The summed E-state index contributed by atoms with van der Waals surface area (Å²) in [5.74, 6) is 1.55. The van der Waals surface area contributed by atoms with Gasteiger partial charge in [0.05, 0.1) is 22.6 Å². The van der Waals surface area contributed by atoms with E-state index in [-0.39, 0.29) is 12.0 Å². The van der Waals surface area contributed by atoms with Gasteiger partial charge in [-0.25, -0.2) is 4.98 Å². The Kier molecular flexibility index (Phi) is 6.32. The average molecular weight is 414 g/mol. The van der Waals surface area contributed by atoms with Crippen LogP contribution in [0.5, 0.6) is 5.75 Å². The Morgan fingerprint density at radius 3 is 2.90 bits per heavy atom. The van der Waals surface area contributed by atoms with Gasteiger partial charge in [0.1, 0.15) is 24.3 Å². The number of imidazole rings is 1. The highest BCUT2D eigenvalue weighted by Gasteiger charge is 2.23. The Morgan fingerprint density at radius 2 is 2.07 bits per heavy atom. The van der Waals surface area contributed by atoms with Crippen LogP contribution in [0.4, 0.5) is 0 Å². The number of carbonyl (C=O) groups excluding carboxylic acids is 1. The number of hydrogen-bond acceptors (Lipinski definition) is 4. The average Bonchev–Trinajstić information content (AvgIpc) is 3.38. The molecule has 3 aromatic rings. The first-order chi connectivity index (χ1) is 14.2. The van der Waals surface area contributed by atoms with Gasteiger partial charge in [-0.05, 0) is 37.1 Å². The molecule has 1 atom stereocenters. The minimum Gasteiger partial charge on any atom is -0.490 e. The van der Waals surface area contributed by atoms with Crippen molar-refractivity contribution in [3.63, 3.8) is 0 Å². The molecule has 1 fully saturated rings. The SMILES string of the molecule is O=C(NCCc1nc2ccccc2n1CCOc1ccccc1Cl)C1CCCO1. The van der Waals surface area contributed by atoms with Crippen LogP contribution in [0.1, 0.15) is 18.7 Å². The summed E-state index contributed by atoms with van der Waals surface area (Å²) in [6, 6.07) is 15.5. The van der Waals surface area contributed by atoms with E-state index in [0.29, 0.717) is 43.5 Å². The number of halogens is 1.